The smallest absolute Gasteiger partial charge is 0.319 e. The van der Waals surface area contributed by atoms with Gasteiger partial charge in [-0.25, -0.2) is 19.4 Å². The highest BCUT2D eigenvalue weighted by Crippen LogP contribution is 2.27. The maximum absolute atomic E-state index is 12.3. The van der Waals surface area contributed by atoms with Gasteiger partial charge in [-0.3, -0.25) is 0 Å². The molecule has 2 amide bonds. The molecule has 3 aromatic rings. The van der Waals surface area contributed by atoms with Gasteiger partial charge in [0.1, 0.15) is 11.6 Å². The Morgan fingerprint density at radius 1 is 1.07 bits per heavy atom. The molecule has 1 aliphatic rings. The molecule has 0 spiro atoms. The molecule has 0 saturated carbocycles. The van der Waals surface area contributed by atoms with Gasteiger partial charge in [0.25, 0.3) is 0 Å². The molecule has 30 heavy (non-hydrogen) atoms. The predicted molar refractivity (Wildman–Crippen MR) is 118 cm³/mol. The third kappa shape index (κ3) is 3.94. The summed E-state index contributed by atoms with van der Waals surface area (Å²) in [7, 11) is 3.58. The highest BCUT2D eigenvalue weighted by atomic mass is 16.2. The van der Waals surface area contributed by atoms with Crippen LogP contribution in [0.3, 0.4) is 0 Å². The molecule has 0 aliphatic carbocycles. The molecule has 1 saturated heterocycles. The Morgan fingerprint density at radius 2 is 1.77 bits per heavy atom. The Kier molecular flexibility index (Phi) is 5.57. The van der Waals surface area contributed by atoms with E-state index in [9.17, 15) is 4.79 Å². The van der Waals surface area contributed by atoms with Gasteiger partial charge in [-0.1, -0.05) is 32.0 Å². The van der Waals surface area contributed by atoms with Crippen LogP contribution in [-0.2, 0) is 6.42 Å². The Hall–Kier alpha value is -3.16. The lowest BCUT2D eigenvalue weighted by Gasteiger charge is -2.36. The Labute approximate surface area is 177 Å². The van der Waals surface area contributed by atoms with Crippen molar-refractivity contribution in [2.45, 2.75) is 20.3 Å². The van der Waals surface area contributed by atoms with Gasteiger partial charge in [0.2, 0.25) is 0 Å². The third-order valence-corrected chi connectivity index (χ3v) is 5.28. The highest BCUT2D eigenvalue weighted by molar-refractivity contribution is 5.88. The van der Waals surface area contributed by atoms with E-state index in [2.05, 4.69) is 23.8 Å². The van der Waals surface area contributed by atoms with Gasteiger partial charge in [0, 0.05) is 46.7 Å². The highest BCUT2D eigenvalue weighted by Gasteiger charge is 2.25. The largest absolute Gasteiger partial charge is 0.352 e. The Morgan fingerprint density at radius 3 is 2.40 bits per heavy atom. The molecule has 158 valence electrons. The zero-order chi connectivity index (χ0) is 21.3. The van der Waals surface area contributed by atoms with E-state index in [0.717, 1.165) is 47.9 Å². The fourth-order valence-electron chi connectivity index (χ4n) is 3.79. The van der Waals surface area contributed by atoms with Crippen LogP contribution in [0.25, 0.3) is 16.7 Å². The summed E-state index contributed by atoms with van der Waals surface area (Å²) in [5, 5.41) is 5.57. The number of carbonyl (C=O) groups is 1. The van der Waals surface area contributed by atoms with Gasteiger partial charge in [0.05, 0.1) is 17.3 Å². The first-order chi connectivity index (χ1) is 14.4. The van der Waals surface area contributed by atoms with E-state index in [1.165, 1.54) is 0 Å². The van der Waals surface area contributed by atoms with Crippen molar-refractivity contribution in [3.05, 3.63) is 42.4 Å². The summed E-state index contributed by atoms with van der Waals surface area (Å²) < 4.78 is 1.89. The van der Waals surface area contributed by atoms with E-state index >= 15 is 0 Å². The van der Waals surface area contributed by atoms with E-state index in [-0.39, 0.29) is 6.03 Å². The molecule has 4 rings (SSSR count). The molecule has 0 unspecified atom stereocenters. The lowest BCUT2D eigenvalue weighted by molar-refractivity contribution is 0.168. The molecule has 0 N–H and O–H groups in total. The molecular formula is C22H29N7O. The second-order valence-corrected chi connectivity index (χ2v) is 8.34. The molecule has 2 aromatic heterocycles. The van der Waals surface area contributed by atoms with Gasteiger partial charge in [-0.2, -0.15) is 5.10 Å². The van der Waals surface area contributed by atoms with Gasteiger partial charge in [-0.15, -0.1) is 0 Å². The second kappa shape index (κ2) is 8.30. The number of piperazine rings is 1. The zero-order valence-corrected chi connectivity index (χ0v) is 18.1. The monoisotopic (exact) mass is 407 g/mol. The summed E-state index contributed by atoms with van der Waals surface area (Å²) >= 11 is 0. The Bertz CT molecular complexity index is 1020. The van der Waals surface area contributed by atoms with Crippen molar-refractivity contribution < 1.29 is 4.79 Å². The quantitative estimate of drug-likeness (QED) is 0.665. The predicted octanol–water partition coefficient (Wildman–Crippen LogP) is 2.82. The van der Waals surface area contributed by atoms with Crippen molar-refractivity contribution in [2.75, 3.05) is 45.2 Å². The number of carbonyl (C=O) groups excluding carboxylic acids is 1. The number of hydrogen-bond acceptors (Lipinski definition) is 5. The van der Waals surface area contributed by atoms with E-state index in [4.69, 9.17) is 9.97 Å². The molecule has 0 atom stereocenters. The zero-order valence-electron chi connectivity index (χ0n) is 18.1. The molecular weight excluding hydrogens is 378 g/mol. The van der Waals surface area contributed by atoms with Crippen LogP contribution in [0, 0.1) is 5.92 Å². The maximum Gasteiger partial charge on any atom is 0.319 e. The number of hydrogen-bond donors (Lipinski definition) is 0. The first-order valence-corrected chi connectivity index (χ1v) is 10.4. The maximum atomic E-state index is 12.3. The van der Waals surface area contributed by atoms with Gasteiger partial charge in [-0.05, 0) is 18.1 Å². The molecule has 1 aliphatic heterocycles. The van der Waals surface area contributed by atoms with Crippen LogP contribution >= 0.6 is 0 Å². The molecule has 8 nitrogen and oxygen atoms in total. The molecule has 0 bridgehead atoms. The molecule has 8 heteroatoms. The van der Waals surface area contributed by atoms with E-state index in [0.29, 0.717) is 19.0 Å². The number of aromatic nitrogens is 4. The standard InChI is InChI=1S/C22H29N7O/c1-16(2)14-19-24-20(27-10-12-28(13-11-27)22(30)26(3)4)18-15-23-29(21(18)25-19)17-8-6-5-7-9-17/h5-9,15-16H,10-14H2,1-4H3. The molecule has 3 heterocycles. The van der Waals surface area contributed by atoms with Crippen LogP contribution in [0.4, 0.5) is 10.6 Å². The van der Waals surface area contributed by atoms with Crippen molar-refractivity contribution in [1.82, 2.24) is 29.5 Å². The van der Waals surface area contributed by atoms with E-state index in [1.807, 2.05) is 46.1 Å². The van der Waals surface area contributed by atoms with E-state index < -0.39 is 0 Å². The van der Waals surface area contributed by atoms with Gasteiger partial charge >= 0.3 is 6.03 Å². The molecule has 1 aromatic carbocycles. The first-order valence-electron chi connectivity index (χ1n) is 10.4. The number of benzene rings is 1. The summed E-state index contributed by atoms with van der Waals surface area (Å²) in [5.41, 5.74) is 1.81. The average molecular weight is 408 g/mol. The fourth-order valence-corrected chi connectivity index (χ4v) is 3.79. The summed E-state index contributed by atoms with van der Waals surface area (Å²) in [4.78, 5) is 27.8. The molecule has 0 radical (unpaired) electrons. The van der Waals surface area contributed by atoms with Crippen molar-refractivity contribution >= 4 is 22.9 Å². The number of rotatable bonds is 4. The number of amides is 2. The average Bonchev–Trinajstić information content (AvgIpc) is 3.17. The van der Waals surface area contributed by atoms with Crippen LogP contribution in [0.2, 0.25) is 0 Å². The molecule has 1 fully saturated rings. The number of para-hydroxylation sites is 1. The minimum atomic E-state index is 0.0554. The van der Waals surface area contributed by atoms with Crippen LogP contribution in [0.5, 0.6) is 0 Å². The lowest BCUT2D eigenvalue weighted by Crippen LogP contribution is -2.51. The third-order valence-electron chi connectivity index (χ3n) is 5.28. The Balaban J connectivity index is 1.71. The minimum absolute atomic E-state index is 0.0554. The lowest BCUT2D eigenvalue weighted by atomic mass is 10.1. The van der Waals surface area contributed by atoms with Crippen molar-refractivity contribution in [3.8, 4) is 5.69 Å². The number of anilines is 1. The summed E-state index contributed by atoms with van der Waals surface area (Å²) in [6.07, 6.45) is 2.66. The van der Waals surface area contributed by atoms with Crippen LogP contribution in [-0.4, -0.2) is 75.9 Å². The summed E-state index contributed by atoms with van der Waals surface area (Å²) in [6.45, 7) is 7.18. The van der Waals surface area contributed by atoms with Gasteiger partial charge in [0.15, 0.2) is 5.65 Å². The summed E-state index contributed by atoms with van der Waals surface area (Å²) in [5.74, 6) is 2.20. The summed E-state index contributed by atoms with van der Waals surface area (Å²) in [6, 6.07) is 10.1. The van der Waals surface area contributed by atoms with Crippen molar-refractivity contribution in [1.29, 1.82) is 0 Å². The SMILES string of the molecule is CC(C)Cc1nc(N2CCN(C(=O)N(C)C)CC2)c2cnn(-c3ccccc3)c2n1. The number of fused-ring (bicyclic) bond motifs is 1. The first kappa shape index (κ1) is 20.1. The van der Waals surface area contributed by atoms with Crippen molar-refractivity contribution in [3.63, 3.8) is 0 Å². The minimum Gasteiger partial charge on any atom is -0.352 e. The van der Waals surface area contributed by atoms with Crippen LogP contribution in [0.1, 0.15) is 19.7 Å². The van der Waals surface area contributed by atoms with E-state index in [1.54, 1.807) is 19.0 Å². The van der Waals surface area contributed by atoms with Crippen LogP contribution < -0.4 is 4.90 Å². The number of urea groups is 1. The van der Waals surface area contributed by atoms with Gasteiger partial charge < -0.3 is 14.7 Å². The normalized spacial score (nSPS) is 14.6. The second-order valence-electron chi connectivity index (χ2n) is 8.34. The fraction of sp³-hybridized carbons (Fsp3) is 0.455. The topological polar surface area (TPSA) is 70.4 Å². The number of nitrogens with zero attached hydrogens (tertiary/aromatic N) is 7. The van der Waals surface area contributed by atoms with Crippen LogP contribution in [0.15, 0.2) is 36.5 Å². The van der Waals surface area contributed by atoms with Crippen molar-refractivity contribution in [2.24, 2.45) is 5.92 Å².